The Hall–Kier alpha value is -2.08. The number of carbonyl (C=O) groups excluding carboxylic acids is 2. The molecule has 1 aromatic heterocycles. The molecular weight excluding hydrogens is 324 g/mol. The smallest absolute Gasteiger partial charge is 0.334 e. The number of rotatable bonds is 1. The SMILES string of the molecule is C[C@@H]1[C@H](O)[C@@H]2OC(=O)C3=C2[C@H](CCC3)[C@@]12CC(c1ccco1)OC2=O. The zero-order chi connectivity index (χ0) is 17.3. The molecule has 1 aromatic rings. The van der Waals surface area contributed by atoms with Gasteiger partial charge in [0.05, 0.1) is 17.8 Å². The highest BCUT2D eigenvalue weighted by molar-refractivity contribution is 5.94. The van der Waals surface area contributed by atoms with Gasteiger partial charge in [-0.3, -0.25) is 4.79 Å². The second-order valence-electron chi connectivity index (χ2n) is 7.64. The molecule has 4 aliphatic rings. The van der Waals surface area contributed by atoms with Crippen LogP contribution in [0.15, 0.2) is 34.0 Å². The summed E-state index contributed by atoms with van der Waals surface area (Å²) in [5.41, 5.74) is 0.683. The van der Waals surface area contributed by atoms with Crippen LogP contribution in [0.3, 0.4) is 0 Å². The first-order valence-corrected chi connectivity index (χ1v) is 8.90. The van der Waals surface area contributed by atoms with Gasteiger partial charge < -0.3 is 19.0 Å². The minimum Gasteiger partial charge on any atom is -0.465 e. The summed E-state index contributed by atoms with van der Waals surface area (Å²) in [6, 6.07) is 3.57. The topological polar surface area (TPSA) is 86.0 Å². The van der Waals surface area contributed by atoms with Crippen LogP contribution in [-0.2, 0) is 19.1 Å². The molecule has 5 rings (SSSR count). The molecule has 2 fully saturated rings. The first-order valence-electron chi connectivity index (χ1n) is 8.90. The van der Waals surface area contributed by atoms with Crippen molar-refractivity contribution < 1.29 is 28.6 Å². The van der Waals surface area contributed by atoms with Crippen LogP contribution < -0.4 is 0 Å². The van der Waals surface area contributed by atoms with E-state index in [1.54, 1.807) is 18.4 Å². The molecule has 6 heteroatoms. The van der Waals surface area contributed by atoms with E-state index in [0.717, 1.165) is 18.4 Å². The second-order valence-corrected chi connectivity index (χ2v) is 7.64. The van der Waals surface area contributed by atoms with Gasteiger partial charge >= 0.3 is 11.9 Å². The minimum atomic E-state index is -0.895. The lowest BCUT2D eigenvalue weighted by Crippen LogP contribution is -2.56. The third-order valence-corrected chi connectivity index (χ3v) is 6.70. The van der Waals surface area contributed by atoms with E-state index in [9.17, 15) is 14.7 Å². The minimum absolute atomic E-state index is 0.112. The summed E-state index contributed by atoms with van der Waals surface area (Å²) in [5, 5.41) is 10.8. The predicted octanol–water partition coefficient (Wildman–Crippen LogP) is 2.29. The van der Waals surface area contributed by atoms with Crippen molar-refractivity contribution in [1.82, 2.24) is 0 Å². The molecule has 0 bridgehead atoms. The Kier molecular flexibility index (Phi) is 3.02. The van der Waals surface area contributed by atoms with E-state index in [1.165, 1.54) is 0 Å². The monoisotopic (exact) mass is 344 g/mol. The summed E-state index contributed by atoms with van der Waals surface area (Å²) in [6.07, 6.45) is 2.39. The lowest BCUT2D eigenvalue weighted by Gasteiger charge is -2.49. The van der Waals surface area contributed by atoms with Gasteiger partial charge in [-0.25, -0.2) is 4.79 Å². The van der Waals surface area contributed by atoms with Gasteiger partial charge in [-0.1, -0.05) is 6.92 Å². The molecule has 2 aliphatic heterocycles. The molecule has 1 unspecified atom stereocenters. The van der Waals surface area contributed by atoms with E-state index < -0.39 is 23.7 Å². The Morgan fingerprint density at radius 2 is 2.12 bits per heavy atom. The van der Waals surface area contributed by atoms with Crippen LogP contribution in [0.1, 0.15) is 44.5 Å². The van der Waals surface area contributed by atoms with Crippen LogP contribution in [0.4, 0.5) is 0 Å². The van der Waals surface area contributed by atoms with Crippen LogP contribution in [-0.4, -0.2) is 29.3 Å². The summed E-state index contributed by atoms with van der Waals surface area (Å²) >= 11 is 0. The maximum absolute atomic E-state index is 13.1. The van der Waals surface area contributed by atoms with E-state index in [-0.39, 0.29) is 23.8 Å². The second kappa shape index (κ2) is 4.97. The average Bonchev–Trinajstić information content (AvgIpc) is 3.31. The third kappa shape index (κ3) is 1.78. The average molecular weight is 344 g/mol. The fourth-order valence-electron chi connectivity index (χ4n) is 5.47. The van der Waals surface area contributed by atoms with Crippen molar-refractivity contribution in [2.45, 2.75) is 50.9 Å². The van der Waals surface area contributed by atoms with Gasteiger partial charge in [-0.15, -0.1) is 0 Å². The summed E-state index contributed by atoms with van der Waals surface area (Å²) in [7, 11) is 0. The number of furan rings is 1. The quantitative estimate of drug-likeness (QED) is 0.787. The van der Waals surface area contributed by atoms with Gasteiger partial charge in [0.15, 0.2) is 12.2 Å². The molecule has 1 saturated heterocycles. The van der Waals surface area contributed by atoms with Crippen LogP contribution in [0.5, 0.6) is 0 Å². The molecule has 6 atom stereocenters. The van der Waals surface area contributed by atoms with Crippen molar-refractivity contribution in [3.63, 3.8) is 0 Å². The van der Waals surface area contributed by atoms with Crippen LogP contribution >= 0.6 is 0 Å². The lowest BCUT2D eigenvalue weighted by atomic mass is 9.53. The number of hydrogen-bond donors (Lipinski definition) is 1. The number of carbonyl (C=O) groups is 2. The maximum atomic E-state index is 13.1. The molecule has 3 heterocycles. The Bertz CT molecular complexity index is 778. The van der Waals surface area contributed by atoms with Gasteiger partial charge in [0, 0.05) is 23.8 Å². The zero-order valence-corrected chi connectivity index (χ0v) is 13.9. The van der Waals surface area contributed by atoms with Crippen molar-refractivity contribution in [1.29, 1.82) is 0 Å². The van der Waals surface area contributed by atoms with Crippen LogP contribution in [0.25, 0.3) is 0 Å². The number of hydrogen-bond acceptors (Lipinski definition) is 6. The van der Waals surface area contributed by atoms with E-state index in [4.69, 9.17) is 13.9 Å². The Labute approximate surface area is 144 Å². The molecule has 0 amide bonds. The van der Waals surface area contributed by atoms with Crippen molar-refractivity contribution in [2.24, 2.45) is 17.3 Å². The van der Waals surface area contributed by atoms with E-state index in [1.807, 2.05) is 6.92 Å². The summed E-state index contributed by atoms with van der Waals surface area (Å²) in [4.78, 5) is 25.3. The van der Waals surface area contributed by atoms with Gasteiger partial charge in [-0.05, 0) is 37.0 Å². The first kappa shape index (κ1) is 15.2. The molecule has 0 aromatic carbocycles. The summed E-state index contributed by atoms with van der Waals surface area (Å²) in [6.45, 7) is 1.87. The number of ether oxygens (including phenoxy) is 2. The molecule has 1 N–H and O–H groups in total. The van der Waals surface area contributed by atoms with Gasteiger partial charge in [0.1, 0.15) is 5.76 Å². The molecule has 1 saturated carbocycles. The Morgan fingerprint density at radius 3 is 2.88 bits per heavy atom. The normalized spacial score (nSPS) is 42.6. The van der Waals surface area contributed by atoms with Crippen LogP contribution in [0, 0.1) is 17.3 Å². The van der Waals surface area contributed by atoms with E-state index in [2.05, 4.69) is 0 Å². The van der Waals surface area contributed by atoms with Gasteiger partial charge in [-0.2, -0.15) is 0 Å². The number of cyclic esters (lactones) is 1. The molecule has 0 radical (unpaired) electrons. The number of aliphatic hydroxyl groups is 1. The highest BCUT2D eigenvalue weighted by atomic mass is 16.6. The van der Waals surface area contributed by atoms with E-state index >= 15 is 0 Å². The summed E-state index contributed by atoms with van der Waals surface area (Å²) in [5.74, 6) is -0.473. The van der Waals surface area contributed by atoms with Crippen molar-refractivity contribution >= 4 is 11.9 Å². The molecule has 2 aliphatic carbocycles. The highest BCUT2D eigenvalue weighted by Crippen LogP contribution is 2.62. The summed E-state index contributed by atoms with van der Waals surface area (Å²) < 4.78 is 16.6. The Balaban J connectivity index is 1.63. The standard InChI is InChI=1S/C19H20O6/c1-9-15(20)16-14-10(17(21)25-16)4-2-5-11(14)19(9)8-13(24-18(19)22)12-6-3-7-23-12/h3,6-7,9,11,13,15-16,20H,2,4-5,8H2,1H3/t9-,11+,13?,15+,16-,19-/m1/s1. The van der Waals surface area contributed by atoms with Gasteiger partial charge in [0.25, 0.3) is 0 Å². The van der Waals surface area contributed by atoms with Crippen LogP contribution in [0.2, 0.25) is 0 Å². The Morgan fingerprint density at radius 1 is 1.28 bits per heavy atom. The maximum Gasteiger partial charge on any atom is 0.334 e. The number of aliphatic hydroxyl groups excluding tert-OH is 1. The zero-order valence-electron chi connectivity index (χ0n) is 13.9. The van der Waals surface area contributed by atoms with Crippen molar-refractivity contribution in [3.8, 4) is 0 Å². The predicted molar refractivity (Wildman–Crippen MR) is 84.0 cm³/mol. The van der Waals surface area contributed by atoms with E-state index in [0.29, 0.717) is 24.2 Å². The fourth-order valence-corrected chi connectivity index (χ4v) is 5.47. The molecule has 25 heavy (non-hydrogen) atoms. The molecule has 6 nitrogen and oxygen atoms in total. The first-order chi connectivity index (χ1) is 12.0. The number of fused-ring (bicyclic) bond motifs is 1. The largest absolute Gasteiger partial charge is 0.465 e. The molecule has 1 spiro atoms. The highest BCUT2D eigenvalue weighted by Gasteiger charge is 2.67. The number of esters is 2. The third-order valence-electron chi connectivity index (χ3n) is 6.70. The van der Waals surface area contributed by atoms with Crippen molar-refractivity contribution in [3.05, 3.63) is 35.3 Å². The van der Waals surface area contributed by atoms with Crippen molar-refractivity contribution in [2.75, 3.05) is 0 Å². The van der Waals surface area contributed by atoms with Gasteiger partial charge in [0.2, 0.25) is 0 Å². The molecule has 132 valence electrons. The molecular formula is C19H20O6. The fraction of sp³-hybridized carbons (Fsp3) is 0.579. The lowest BCUT2D eigenvalue weighted by molar-refractivity contribution is -0.166.